The monoisotopic (exact) mass is 514 g/mol. The molecule has 4 heterocycles. The number of ether oxygens (including phenoxy) is 1. The molecule has 0 spiro atoms. The van der Waals surface area contributed by atoms with E-state index in [9.17, 15) is 14.4 Å². The Labute approximate surface area is 209 Å². The Kier molecular flexibility index (Phi) is 6.70. The van der Waals surface area contributed by atoms with Crippen molar-refractivity contribution in [3.05, 3.63) is 56.2 Å². The highest BCUT2D eigenvalue weighted by atomic mass is 32.2. The van der Waals surface area contributed by atoms with E-state index in [0.717, 1.165) is 41.5 Å². The van der Waals surface area contributed by atoms with Gasteiger partial charge in [0.15, 0.2) is 5.16 Å². The zero-order valence-electron chi connectivity index (χ0n) is 19.5. The number of rotatable bonds is 8. The van der Waals surface area contributed by atoms with Crippen molar-refractivity contribution in [3.8, 4) is 0 Å². The number of urea groups is 1. The van der Waals surface area contributed by atoms with Crippen molar-refractivity contribution in [1.29, 1.82) is 0 Å². The molecular formula is C24H26N4O5S2. The Morgan fingerprint density at radius 2 is 2.20 bits per heavy atom. The summed E-state index contributed by atoms with van der Waals surface area (Å²) in [5.74, 6) is 0.118. The van der Waals surface area contributed by atoms with Gasteiger partial charge in [0.2, 0.25) is 0 Å². The van der Waals surface area contributed by atoms with Crippen molar-refractivity contribution in [2.45, 2.75) is 57.3 Å². The maximum Gasteiger partial charge on any atom is 0.338 e. The minimum absolute atomic E-state index is 0.0128. The first-order valence-electron chi connectivity index (χ1n) is 11.7. The van der Waals surface area contributed by atoms with Crippen molar-refractivity contribution in [2.75, 3.05) is 12.4 Å². The summed E-state index contributed by atoms with van der Waals surface area (Å²) in [5, 5.41) is 6.82. The molecule has 0 saturated heterocycles. The number of aryl methyl sites for hydroxylation is 2. The predicted molar refractivity (Wildman–Crippen MR) is 134 cm³/mol. The van der Waals surface area contributed by atoms with Crippen LogP contribution in [0.2, 0.25) is 0 Å². The van der Waals surface area contributed by atoms with Gasteiger partial charge in [0.25, 0.3) is 5.56 Å². The number of thioether (sulfide) groups is 1. The number of nitrogens with one attached hydrogen (secondary N) is 2. The molecule has 0 aromatic carbocycles. The summed E-state index contributed by atoms with van der Waals surface area (Å²) in [7, 11) is 0. The first-order chi connectivity index (χ1) is 17.0. The largest absolute Gasteiger partial charge is 0.467 e. The van der Waals surface area contributed by atoms with Crippen LogP contribution in [0.3, 0.4) is 0 Å². The van der Waals surface area contributed by atoms with Crippen LogP contribution in [0.4, 0.5) is 4.79 Å². The number of aromatic nitrogens is 2. The lowest BCUT2D eigenvalue weighted by atomic mass is 10.0. The molecule has 1 aliphatic carbocycles. The van der Waals surface area contributed by atoms with E-state index in [4.69, 9.17) is 14.1 Å². The third-order valence-electron chi connectivity index (χ3n) is 6.06. The minimum atomic E-state index is -0.776. The third-order valence-corrected chi connectivity index (χ3v) is 8.25. The second kappa shape index (κ2) is 9.90. The fourth-order valence-electron chi connectivity index (χ4n) is 4.58. The third kappa shape index (κ3) is 4.38. The van der Waals surface area contributed by atoms with Crippen LogP contribution in [0.5, 0.6) is 0 Å². The molecule has 0 radical (unpaired) electrons. The molecule has 11 heteroatoms. The Hall–Kier alpha value is -3.05. The molecule has 2 N–H and O–H groups in total. The number of amides is 2. The zero-order chi connectivity index (χ0) is 24.5. The van der Waals surface area contributed by atoms with Gasteiger partial charge in [-0.25, -0.2) is 14.6 Å². The van der Waals surface area contributed by atoms with Gasteiger partial charge in [0.1, 0.15) is 16.6 Å². The highest BCUT2D eigenvalue weighted by Crippen LogP contribution is 2.36. The number of hydrogen-bond donors (Lipinski definition) is 2. The Balaban J connectivity index is 1.54. The topological polar surface area (TPSA) is 115 Å². The molecule has 5 rings (SSSR count). The molecule has 3 aromatic heterocycles. The molecule has 0 fully saturated rings. The van der Waals surface area contributed by atoms with Crippen LogP contribution in [0.1, 0.15) is 48.9 Å². The van der Waals surface area contributed by atoms with Crippen molar-refractivity contribution >= 4 is 45.3 Å². The number of nitrogens with zero attached hydrogens (tertiary/aromatic N) is 2. The van der Waals surface area contributed by atoms with Crippen LogP contribution >= 0.6 is 23.1 Å². The van der Waals surface area contributed by atoms with Crippen molar-refractivity contribution in [1.82, 2.24) is 20.2 Å². The number of fused-ring (bicyclic) bond motifs is 3. The number of carbonyl (C=O) groups is 2. The number of hydrogen-bond acceptors (Lipinski definition) is 8. The van der Waals surface area contributed by atoms with E-state index in [1.165, 1.54) is 22.9 Å². The van der Waals surface area contributed by atoms with Gasteiger partial charge in [-0.2, -0.15) is 0 Å². The van der Waals surface area contributed by atoms with Gasteiger partial charge < -0.3 is 19.8 Å². The highest BCUT2D eigenvalue weighted by Gasteiger charge is 2.35. The summed E-state index contributed by atoms with van der Waals surface area (Å²) in [6.45, 7) is 4.48. The molecule has 9 nitrogen and oxygen atoms in total. The van der Waals surface area contributed by atoms with Gasteiger partial charge in [-0.1, -0.05) is 18.7 Å². The summed E-state index contributed by atoms with van der Waals surface area (Å²) in [6, 6.07) is 2.17. The van der Waals surface area contributed by atoms with Crippen LogP contribution in [-0.2, 0) is 28.9 Å². The second-order valence-corrected chi connectivity index (χ2v) is 10.4. The average Bonchev–Trinajstić information content (AvgIpc) is 3.57. The maximum absolute atomic E-state index is 13.5. The quantitative estimate of drug-likeness (QED) is 0.266. The Morgan fingerprint density at radius 3 is 2.94 bits per heavy atom. The van der Waals surface area contributed by atoms with Gasteiger partial charge >= 0.3 is 12.0 Å². The molecule has 35 heavy (non-hydrogen) atoms. The fraction of sp³-hybridized carbons (Fsp3) is 0.417. The highest BCUT2D eigenvalue weighted by molar-refractivity contribution is 7.99. The van der Waals surface area contributed by atoms with Crippen LogP contribution in [0.15, 0.2) is 44.0 Å². The Morgan fingerprint density at radius 1 is 1.34 bits per heavy atom. The molecule has 0 bridgehead atoms. The van der Waals surface area contributed by atoms with E-state index >= 15 is 0 Å². The number of thiophene rings is 1. The average molecular weight is 515 g/mol. The van der Waals surface area contributed by atoms with E-state index in [-0.39, 0.29) is 23.5 Å². The molecule has 3 aromatic rings. The van der Waals surface area contributed by atoms with Crippen LogP contribution in [0, 0.1) is 0 Å². The molecule has 1 aliphatic heterocycles. The maximum atomic E-state index is 13.5. The number of furan rings is 1. The molecule has 1 atom stereocenters. The molecular weight excluding hydrogens is 488 g/mol. The molecule has 2 aliphatic rings. The van der Waals surface area contributed by atoms with E-state index in [2.05, 4.69) is 10.6 Å². The van der Waals surface area contributed by atoms with Gasteiger partial charge in [-0.3, -0.25) is 9.36 Å². The minimum Gasteiger partial charge on any atom is -0.467 e. The van der Waals surface area contributed by atoms with Crippen molar-refractivity contribution in [2.24, 2.45) is 0 Å². The van der Waals surface area contributed by atoms with Gasteiger partial charge in [-0.05, 0) is 50.3 Å². The molecule has 0 unspecified atom stereocenters. The van der Waals surface area contributed by atoms with E-state index in [1.54, 1.807) is 35.0 Å². The number of carbonyl (C=O) groups excluding carboxylic acids is 2. The first-order valence-corrected chi connectivity index (χ1v) is 13.5. The lowest BCUT2D eigenvalue weighted by Gasteiger charge is -2.27. The van der Waals surface area contributed by atoms with Crippen LogP contribution < -0.4 is 16.2 Å². The lowest BCUT2D eigenvalue weighted by Crippen LogP contribution is -2.46. The summed E-state index contributed by atoms with van der Waals surface area (Å²) in [6.07, 6.45) is 5.27. The van der Waals surface area contributed by atoms with E-state index in [1.807, 2.05) is 6.92 Å². The summed E-state index contributed by atoms with van der Waals surface area (Å²) in [5.41, 5.74) is 1.82. The lowest BCUT2D eigenvalue weighted by molar-refractivity contribution is -0.139. The molecule has 184 valence electrons. The van der Waals surface area contributed by atoms with E-state index < -0.39 is 18.0 Å². The summed E-state index contributed by atoms with van der Waals surface area (Å²) >= 11 is 2.92. The van der Waals surface area contributed by atoms with E-state index in [0.29, 0.717) is 23.2 Å². The SMILES string of the molecule is CCCn1c(SCC2=C(C(=O)OCC)[C@H](c3ccco3)NC(=O)N2)nc2sc3c(c2c1=O)CCC3. The van der Waals surface area contributed by atoms with Crippen molar-refractivity contribution < 1.29 is 18.7 Å². The fourth-order valence-corrected chi connectivity index (χ4v) is 6.87. The summed E-state index contributed by atoms with van der Waals surface area (Å²) in [4.78, 5) is 45.7. The predicted octanol–water partition coefficient (Wildman–Crippen LogP) is 3.91. The summed E-state index contributed by atoms with van der Waals surface area (Å²) < 4.78 is 12.5. The normalized spacial score (nSPS) is 17.4. The smallest absolute Gasteiger partial charge is 0.338 e. The zero-order valence-corrected chi connectivity index (χ0v) is 21.1. The van der Waals surface area contributed by atoms with Gasteiger partial charge in [0, 0.05) is 22.9 Å². The standard InChI is InChI=1S/C24H26N4O5S2/c1-3-10-28-21(29)17-13-7-5-9-16(13)35-20(17)27-24(28)34-12-14-18(22(30)32-4-2)19(26-23(31)25-14)15-8-6-11-33-15/h6,8,11,19H,3-5,7,9-10,12H2,1-2H3,(H2,25,26,31)/t19-/m0/s1. The second-order valence-electron chi connectivity index (χ2n) is 8.34. The first kappa shape index (κ1) is 23.7. The van der Waals surface area contributed by atoms with Crippen LogP contribution in [-0.4, -0.2) is 33.9 Å². The van der Waals surface area contributed by atoms with Gasteiger partial charge in [-0.15, -0.1) is 11.3 Å². The van der Waals surface area contributed by atoms with Crippen molar-refractivity contribution in [3.63, 3.8) is 0 Å². The van der Waals surface area contributed by atoms with Crippen LogP contribution in [0.25, 0.3) is 10.2 Å². The molecule has 0 saturated carbocycles. The number of esters is 1. The van der Waals surface area contributed by atoms with Gasteiger partial charge in [0.05, 0.1) is 23.8 Å². The molecule has 2 amide bonds. The Bertz CT molecular complexity index is 1370.